The Labute approximate surface area is 192 Å². The first kappa shape index (κ1) is 24.0. The third-order valence-electron chi connectivity index (χ3n) is 4.73. The van der Waals surface area contributed by atoms with Crippen molar-refractivity contribution in [1.82, 2.24) is 5.43 Å². The molecule has 1 amide bonds. The number of rotatable bonds is 5. The van der Waals surface area contributed by atoms with Crippen LogP contribution in [-0.4, -0.2) is 24.1 Å². The van der Waals surface area contributed by atoms with E-state index in [0.717, 1.165) is 17.7 Å². The predicted molar refractivity (Wildman–Crippen MR) is 116 cm³/mol. The van der Waals surface area contributed by atoms with E-state index in [-0.39, 0.29) is 27.4 Å². The maximum Gasteiger partial charge on any atom is 0.435 e. The van der Waals surface area contributed by atoms with Crippen molar-refractivity contribution in [3.05, 3.63) is 63.1 Å². The molecule has 172 valence electrons. The van der Waals surface area contributed by atoms with Crippen LogP contribution in [-0.2, 0) is 15.2 Å². The molecule has 2 aromatic rings. The molecule has 0 fully saturated rings. The average molecular weight is 490 g/mol. The van der Waals surface area contributed by atoms with Gasteiger partial charge in [0.15, 0.2) is 0 Å². The smallest absolute Gasteiger partial charge is 0.435 e. The Balaban J connectivity index is 1.87. The lowest BCUT2D eigenvalue weighted by Gasteiger charge is -2.29. The van der Waals surface area contributed by atoms with E-state index in [2.05, 4.69) is 16.0 Å². The zero-order valence-corrected chi connectivity index (χ0v) is 18.8. The van der Waals surface area contributed by atoms with Crippen molar-refractivity contribution in [2.24, 2.45) is 5.16 Å². The lowest BCUT2D eigenvalue weighted by Crippen LogP contribution is -2.42. The lowest BCUT2D eigenvalue weighted by atomic mass is 9.86. The summed E-state index contributed by atoms with van der Waals surface area (Å²) in [6, 6.07) is 8.51. The number of oxime groups is 1. The summed E-state index contributed by atoms with van der Waals surface area (Å²) in [6.07, 6.45) is -6.39. The number of alkyl halides is 3. The number of hydrogen-bond donors (Lipinski definition) is 2. The van der Waals surface area contributed by atoms with Crippen molar-refractivity contribution < 1.29 is 27.5 Å². The van der Waals surface area contributed by atoms with Gasteiger partial charge in [-0.05, 0) is 50.6 Å². The van der Waals surface area contributed by atoms with Crippen molar-refractivity contribution in [2.45, 2.75) is 45.1 Å². The van der Waals surface area contributed by atoms with Gasteiger partial charge in [-0.3, -0.25) is 5.43 Å². The van der Waals surface area contributed by atoms with Gasteiger partial charge in [0.05, 0.1) is 17.5 Å². The standard InChI is InChI=1S/C21H20Cl2F3N3O3/c1-11(2)31-19(30)28-27-17-6-13(5-4-12(17)3)18-10-20(32-29-18,21(24,25)26)14-7-15(22)9-16(23)8-14/h4-9,11,27H,10H2,1-3H3,(H,28,30). The molecule has 0 aromatic heterocycles. The van der Waals surface area contributed by atoms with Crippen LogP contribution in [0.25, 0.3) is 0 Å². The Morgan fingerprint density at radius 1 is 1.19 bits per heavy atom. The van der Waals surface area contributed by atoms with Gasteiger partial charge in [-0.1, -0.05) is 40.5 Å². The van der Waals surface area contributed by atoms with Crippen molar-refractivity contribution in [3.63, 3.8) is 0 Å². The molecule has 3 rings (SSSR count). The number of carbonyl (C=O) groups is 1. The number of aryl methyl sites for hydroxylation is 1. The van der Waals surface area contributed by atoms with Gasteiger partial charge in [-0.2, -0.15) is 13.2 Å². The van der Waals surface area contributed by atoms with E-state index in [0.29, 0.717) is 11.3 Å². The number of nitrogens with zero attached hydrogens (tertiary/aromatic N) is 1. The van der Waals surface area contributed by atoms with Crippen LogP contribution in [0.15, 0.2) is 41.6 Å². The van der Waals surface area contributed by atoms with Gasteiger partial charge >= 0.3 is 12.3 Å². The molecule has 0 saturated heterocycles. The zero-order valence-electron chi connectivity index (χ0n) is 17.3. The summed E-state index contributed by atoms with van der Waals surface area (Å²) in [7, 11) is 0. The number of carbonyl (C=O) groups excluding carboxylic acids is 1. The predicted octanol–water partition coefficient (Wildman–Crippen LogP) is 6.35. The fourth-order valence-corrected chi connectivity index (χ4v) is 3.67. The van der Waals surface area contributed by atoms with Gasteiger partial charge in [0, 0.05) is 27.6 Å². The van der Waals surface area contributed by atoms with Crippen molar-refractivity contribution >= 4 is 40.7 Å². The summed E-state index contributed by atoms with van der Waals surface area (Å²) in [5, 5.41) is 3.84. The second-order valence-electron chi connectivity index (χ2n) is 7.52. The lowest BCUT2D eigenvalue weighted by molar-refractivity contribution is -0.275. The van der Waals surface area contributed by atoms with E-state index in [1.54, 1.807) is 39.0 Å². The molecule has 1 aliphatic rings. The molecule has 1 atom stereocenters. The Hall–Kier alpha value is -2.65. The quantitative estimate of drug-likeness (QED) is 0.480. The molecule has 0 radical (unpaired) electrons. The summed E-state index contributed by atoms with van der Waals surface area (Å²) in [4.78, 5) is 16.7. The van der Waals surface area contributed by atoms with Crippen LogP contribution in [0.1, 0.15) is 37.0 Å². The zero-order chi connectivity index (χ0) is 23.7. The number of amides is 1. The second-order valence-corrected chi connectivity index (χ2v) is 8.40. The van der Waals surface area contributed by atoms with Gasteiger partial charge in [0.25, 0.3) is 5.60 Å². The molecule has 2 N–H and O–H groups in total. The van der Waals surface area contributed by atoms with Gasteiger partial charge in [-0.25, -0.2) is 10.2 Å². The molecule has 1 heterocycles. The maximum atomic E-state index is 14.2. The van der Waals surface area contributed by atoms with E-state index in [1.165, 1.54) is 6.07 Å². The van der Waals surface area contributed by atoms with E-state index in [4.69, 9.17) is 32.8 Å². The molecule has 1 aliphatic heterocycles. The van der Waals surface area contributed by atoms with Crippen LogP contribution < -0.4 is 10.9 Å². The molecule has 0 spiro atoms. The molecular formula is C21H20Cl2F3N3O3. The Morgan fingerprint density at radius 3 is 2.44 bits per heavy atom. The summed E-state index contributed by atoms with van der Waals surface area (Å²) in [6.45, 7) is 5.16. The number of benzene rings is 2. The highest BCUT2D eigenvalue weighted by molar-refractivity contribution is 6.34. The fourth-order valence-electron chi connectivity index (χ4n) is 3.14. The average Bonchev–Trinajstić information content (AvgIpc) is 3.13. The Kier molecular flexibility index (Phi) is 6.80. The third kappa shape index (κ3) is 5.05. The number of halogens is 5. The highest BCUT2D eigenvalue weighted by Crippen LogP contribution is 2.49. The molecule has 1 unspecified atom stereocenters. The van der Waals surface area contributed by atoms with Crippen LogP contribution >= 0.6 is 23.2 Å². The van der Waals surface area contributed by atoms with Crippen LogP contribution in [0.2, 0.25) is 10.0 Å². The maximum absolute atomic E-state index is 14.2. The minimum absolute atomic E-state index is 0.0503. The Bertz CT molecular complexity index is 1040. The normalized spacial score (nSPS) is 18.2. The summed E-state index contributed by atoms with van der Waals surface area (Å²) < 4.78 is 47.4. The molecule has 11 heteroatoms. The molecule has 0 saturated carbocycles. The van der Waals surface area contributed by atoms with E-state index in [1.807, 2.05) is 0 Å². The topological polar surface area (TPSA) is 72.0 Å². The van der Waals surface area contributed by atoms with Crippen LogP contribution in [0, 0.1) is 6.92 Å². The summed E-state index contributed by atoms with van der Waals surface area (Å²) in [5.41, 5.74) is 3.76. The van der Waals surface area contributed by atoms with Crippen LogP contribution in [0.5, 0.6) is 0 Å². The van der Waals surface area contributed by atoms with Crippen LogP contribution in [0.4, 0.5) is 23.7 Å². The minimum Gasteiger partial charge on any atom is -0.446 e. The highest BCUT2D eigenvalue weighted by atomic mass is 35.5. The summed E-state index contributed by atoms with van der Waals surface area (Å²) >= 11 is 11.9. The Morgan fingerprint density at radius 2 is 1.84 bits per heavy atom. The molecule has 32 heavy (non-hydrogen) atoms. The number of anilines is 1. The molecule has 0 aliphatic carbocycles. The summed E-state index contributed by atoms with van der Waals surface area (Å²) in [5.74, 6) is 0. The van der Waals surface area contributed by atoms with E-state index >= 15 is 0 Å². The second kappa shape index (κ2) is 9.07. The highest BCUT2D eigenvalue weighted by Gasteiger charge is 2.62. The van der Waals surface area contributed by atoms with Gasteiger partial charge in [0.1, 0.15) is 0 Å². The van der Waals surface area contributed by atoms with Gasteiger partial charge < -0.3 is 9.57 Å². The van der Waals surface area contributed by atoms with E-state index in [9.17, 15) is 18.0 Å². The fraction of sp³-hybridized carbons (Fsp3) is 0.333. The van der Waals surface area contributed by atoms with Crippen molar-refractivity contribution in [1.29, 1.82) is 0 Å². The van der Waals surface area contributed by atoms with Crippen LogP contribution in [0.3, 0.4) is 0 Å². The first-order valence-corrected chi connectivity index (χ1v) is 10.3. The first-order valence-electron chi connectivity index (χ1n) is 9.53. The first-order chi connectivity index (χ1) is 14.9. The molecule has 2 aromatic carbocycles. The number of hydrogen-bond acceptors (Lipinski definition) is 5. The van der Waals surface area contributed by atoms with Crippen molar-refractivity contribution in [3.8, 4) is 0 Å². The monoisotopic (exact) mass is 489 g/mol. The minimum atomic E-state index is -4.79. The molecule has 6 nitrogen and oxygen atoms in total. The SMILES string of the molecule is Cc1ccc(C2=NOC(c3cc(Cl)cc(Cl)c3)(C(F)(F)F)C2)cc1NNC(=O)OC(C)C. The third-order valence-corrected chi connectivity index (χ3v) is 5.16. The number of ether oxygens (including phenoxy) is 1. The molecular weight excluding hydrogens is 470 g/mol. The van der Waals surface area contributed by atoms with E-state index < -0.39 is 24.3 Å². The van der Waals surface area contributed by atoms with Gasteiger partial charge in [-0.15, -0.1) is 0 Å². The van der Waals surface area contributed by atoms with Crippen molar-refractivity contribution in [2.75, 3.05) is 5.43 Å². The number of hydrazine groups is 1. The number of nitrogens with one attached hydrogen (secondary N) is 2. The largest absolute Gasteiger partial charge is 0.446 e. The van der Waals surface area contributed by atoms with Gasteiger partial charge in [0.2, 0.25) is 0 Å². The molecule has 0 bridgehead atoms.